The van der Waals surface area contributed by atoms with Gasteiger partial charge in [0.2, 0.25) is 0 Å². The Morgan fingerprint density at radius 2 is 1.50 bits per heavy atom. The summed E-state index contributed by atoms with van der Waals surface area (Å²) in [7, 11) is 0. The van der Waals surface area contributed by atoms with Crippen molar-refractivity contribution in [2.45, 2.75) is 58.3 Å². The first-order valence-corrected chi connectivity index (χ1v) is 6.25. The molecule has 0 aliphatic heterocycles. The van der Waals surface area contributed by atoms with Crippen molar-refractivity contribution in [2.24, 2.45) is 17.4 Å². The molecule has 0 aromatic rings. The van der Waals surface area contributed by atoms with Gasteiger partial charge >= 0.3 is 0 Å². The van der Waals surface area contributed by atoms with Gasteiger partial charge in [-0.25, -0.2) is 0 Å². The lowest BCUT2D eigenvalue weighted by Crippen LogP contribution is -2.08. The third-order valence-electron chi connectivity index (χ3n) is 2.84. The molecule has 0 bridgehead atoms. The Hall–Kier alpha value is -0.0800. The summed E-state index contributed by atoms with van der Waals surface area (Å²) in [5.41, 5.74) is 11.0. The average molecular weight is 200 g/mol. The predicted octanol–water partition coefficient (Wildman–Crippen LogP) is 2.66. The summed E-state index contributed by atoms with van der Waals surface area (Å²) in [6.45, 7) is 3.96. The van der Waals surface area contributed by atoms with E-state index in [1.165, 1.54) is 51.4 Å². The SMILES string of the molecule is CCCC(CCN)CCCCCCN. The van der Waals surface area contributed by atoms with E-state index in [-0.39, 0.29) is 0 Å². The highest BCUT2D eigenvalue weighted by Gasteiger charge is 2.05. The van der Waals surface area contributed by atoms with Crippen molar-refractivity contribution in [3.05, 3.63) is 0 Å². The van der Waals surface area contributed by atoms with Crippen LogP contribution in [0.2, 0.25) is 0 Å². The Labute approximate surface area is 89.4 Å². The number of hydrogen-bond donors (Lipinski definition) is 2. The van der Waals surface area contributed by atoms with E-state index in [4.69, 9.17) is 11.5 Å². The molecule has 0 aromatic heterocycles. The normalized spacial score (nSPS) is 13.1. The molecule has 2 nitrogen and oxygen atoms in total. The lowest BCUT2D eigenvalue weighted by atomic mass is 9.93. The van der Waals surface area contributed by atoms with Gasteiger partial charge < -0.3 is 11.5 Å². The lowest BCUT2D eigenvalue weighted by molar-refractivity contribution is 0.400. The van der Waals surface area contributed by atoms with Crippen LogP contribution in [-0.4, -0.2) is 13.1 Å². The first kappa shape index (κ1) is 13.9. The van der Waals surface area contributed by atoms with Crippen molar-refractivity contribution in [2.75, 3.05) is 13.1 Å². The van der Waals surface area contributed by atoms with Crippen molar-refractivity contribution >= 4 is 0 Å². The molecule has 0 amide bonds. The minimum Gasteiger partial charge on any atom is -0.330 e. The molecule has 0 saturated heterocycles. The zero-order chi connectivity index (χ0) is 10.6. The zero-order valence-electron chi connectivity index (χ0n) is 9.80. The molecule has 1 atom stereocenters. The van der Waals surface area contributed by atoms with Crippen LogP contribution in [0.15, 0.2) is 0 Å². The molecule has 0 spiro atoms. The number of hydrogen-bond acceptors (Lipinski definition) is 2. The van der Waals surface area contributed by atoms with Crippen LogP contribution >= 0.6 is 0 Å². The van der Waals surface area contributed by atoms with Gasteiger partial charge in [-0.15, -0.1) is 0 Å². The van der Waals surface area contributed by atoms with E-state index in [1.54, 1.807) is 0 Å². The van der Waals surface area contributed by atoms with Crippen molar-refractivity contribution in [3.8, 4) is 0 Å². The van der Waals surface area contributed by atoms with E-state index in [9.17, 15) is 0 Å². The fraction of sp³-hybridized carbons (Fsp3) is 1.00. The van der Waals surface area contributed by atoms with E-state index in [0.717, 1.165) is 19.0 Å². The van der Waals surface area contributed by atoms with Crippen LogP contribution < -0.4 is 11.5 Å². The van der Waals surface area contributed by atoms with Crippen LogP contribution in [0.4, 0.5) is 0 Å². The van der Waals surface area contributed by atoms with Crippen molar-refractivity contribution in [1.29, 1.82) is 0 Å². The molecule has 0 radical (unpaired) electrons. The summed E-state index contributed by atoms with van der Waals surface area (Å²) in [6, 6.07) is 0. The van der Waals surface area contributed by atoms with Crippen LogP contribution in [0.1, 0.15) is 58.3 Å². The molecule has 86 valence electrons. The van der Waals surface area contributed by atoms with Crippen LogP contribution in [0.3, 0.4) is 0 Å². The minimum absolute atomic E-state index is 0.848. The van der Waals surface area contributed by atoms with E-state index >= 15 is 0 Å². The number of unbranched alkanes of at least 4 members (excludes halogenated alkanes) is 3. The molecule has 0 heterocycles. The van der Waals surface area contributed by atoms with Gasteiger partial charge in [-0.1, -0.05) is 45.4 Å². The number of nitrogens with two attached hydrogens (primary N) is 2. The van der Waals surface area contributed by atoms with Gasteiger partial charge in [-0.05, 0) is 31.8 Å². The van der Waals surface area contributed by atoms with Gasteiger partial charge in [-0.2, -0.15) is 0 Å². The van der Waals surface area contributed by atoms with Crippen molar-refractivity contribution < 1.29 is 0 Å². The highest BCUT2D eigenvalue weighted by molar-refractivity contribution is 4.60. The second kappa shape index (κ2) is 11.0. The van der Waals surface area contributed by atoms with Gasteiger partial charge in [-0.3, -0.25) is 0 Å². The first-order valence-electron chi connectivity index (χ1n) is 6.25. The van der Waals surface area contributed by atoms with Gasteiger partial charge in [0.15, 0.2) is 0 Å². The molecule has 14 heavy (non-hydrogen) atoms. The zero-order valence-corrected chi connectivity index (χ0v) is 9.80. The molecule has 0 aliphatic carbocycles. The quantitative estimate of drug-likeness (QED) is 0.533. The molecule has 0 fully saturated rings. The largest absolute Gasteiger partial charge is 0.330 e. The summed E-state index contributed by atoms with van der Waals surface area (Å²) < 4.78 is 0. The fourth-order valence-electron chi connectivity index (χ4n) is 2.01. The van der Waals surface area contributed by atoms with E-state index < -0.39 is 0 Å². The topological polar surface area (TPSA) is 52.0 Å². The minimum atomic E-state index is 0.848. The van der Waals surface area contributed by atoms with Gasteiger partial charge in [0.25, 0.3) is 0 Å². The molecule has 4 N–H and O–H groups in total. The summed E-state index contributed by atoms with van der Waals surface area (Å²) >= 11 is 0. The summed E-state index contributed by atoms with van der Waals surface area (Å²) in [6.07, 6.45) is 10.4. The molecule has 0 rings (SSSR count). The predicted molar refractivity (Wildman–Crippen MR) is 64.2 cm³/mol. The Morgan fingerprint density at radius 3 is 2.07 bits per heavy atom. The van der Waals surface area contributed by atoms with Gasteiger partial charge in [0, 0.05) is 0 Å². The third-order valence-corrected chi connectivity index (χ3v) is 2.84. The van der Waals surface area contributed by atoms with Crippen LogP contribution in [0.25, 0.3) is 0 Å². The van der Waals surface area contributed by atoms with E-state index in [2.05, 4.69) is 6.92 Å². The second-order valence-electron chi connectivity index (χ2n) is 4.22. The fourth-order valence-corrected chi connectivity index (χ4v) is 2.01. The highest BCUT2D eigenvalue weighted by atomic mass is 14.5. The number of rotatable bonds is 10. The Balaban J connectivity index is 3.30. The maximum Gasteiger partial charge on any atom is -0.00746 e. The molecule has 2 heteroatoms. The molecular weight excluding hydrogens is 172 g/mol. The first-order chi connectivity index (χ1) is 6.85. The molecule has 0 saturated carbocycles. The Kier molecular flexibility index (Phi) is 10.9. The smallest absolute Gasteiger partial charge is 0.00746 e. The molecule has 0 aromatic carbocycles. The van der Waals surface area contributed by atoms with Gasteiger partial charge in [0.1, 0.15) is 0 Å². The monoisotopic (exact) mass is 200 g/mol. The molecular formula is C12H28N2. The highest BCUT2D eigenvalue weighted by Crippen LogP contribution is 2.18. The molecule has 0 aliphatic rings. The third kappa shape index (κ3) is 8.52. The van der Waals surface area contributed by atoms with Crippen molar-refractivity contribution in [3.63, 3.8) is 0 Å². The van der Waals surface area contributed by atoms with Crippen LogP contribution in [-0.2, 0) is 0 Å². The van der Waals surface area contributed by atoms with E-state index in [0.29, 0.717) is 0 Å². The van der Waals surface area contributed by atoms with Gasteiger partial charge in [0.05, 0.1) is 0 Å². The van der Waals surface area contributed by atoms with Crippen LogP contribution in [0, 0.1) is 5.92 Å². The summed E-state index contributed by atoms with van der Waals surface area (Å²) in [4.78, 5) is 0. The summed E-state index contributed by atoms with van der Waals surface area (Å²) in [5, 5.41) is 0. The molecule has 1 unspecified atom stereocenters. The van der Waals surface area contributed by atoms with Crippen LogP contribution in [0.5, 0.6) is 0 Å². The summed E-state index contributed by atoms with van der Waals surface area (Å²) in [5.74, 6) is 0.878. The lowest BCUT2D eigenvalue weighted by Gasteiger charge is -2.14. The Morgan fingerprint density at radius 1 is 0.786 bits per heavy atom. The second-order valence-corrected chi connectivity index (χ2v) is 4.22. The maximum atomic E-state index is 5.60. The maximum absolute atomic E-state index is 5.60. The van der Waals surface area contributed by atoms with E-state index in [1.807, 2.05) is 0 Å². The average Bonchev–Trinajstić information content (AvgIpc) is 2.18. The van der Waals surface area contributed by atoms with Crippen molar-refractivity contribution in [1.82, 2.24) is 0 Å². The standard InChI is InChI=1S/C12H28N2/c1-2-7-12(9-11-14)8-5-3-4-6-10-13/h12H,2-11,13-14H2,1H3. The Bertz CT molecular complexity index is 98.5.